The van der Waals surface area contributed by atoms with E-state index in [1.807, 2.05) is 0 Å². The second kappa shape index (κ2) is 7.99. The average Bonchev–Trinajstić information content (AvgIpc) is 2.47. The minimum absolute atomic E-state index is 0.0977. The average molecular weight is 327 g/mol. The predicted molar refractivity (Wildman–Crippen MR) is 87.4 cm³/mol. The summed E-state index contributed by atoms with van der Waals surface area (Å²) in [6.07, 6.45) is 1.46. The van der Waals surface area contributed by atoms with Gasteiger partial charge in [-0.25, -0.2) is 0 Å². The van der Waals surface area contributed by atoms with Crippen molar-refractivity contribution in [3.63, 3.8) is 0 Å². The topological polar surface area (TPSA) is 112 Å². The largest absolute Gasteiger partial charge is 0.395 e. The smallest absolute Gasteiger partial charge is 0.246 e. The highest BCUT2D eigenvalue weighted by molar-refractivity contribution is 6.08. The maximum Gasteiger partial charge on any atom is 0.246 e. The number of rotatable bonds is 7. The number of nitrogens with one attached hydrogen (secondary N) is 3. The molecule has 1 heterocycles. The molecule has 0 aromatic rings. The van der Waals surface area contributed by atoms with E-state index < -0.39 is 22.8 Å². The van der Waals surface area contributed by atoms with Crippen molar-refractivity contribution in [2.75, 3.05) is 19.8 Å². The Morgan fingerprint density at radius 3 is 2.30 bits per heavy atom. The fourth-order valence-corrected chi connectivity index (χ4v) is 2.24. The maximum absolute atomic E-state index is 12.3. The summed E-state index contributed by atoms with van der Waals surface area (Å²) in [7, 11) is 0. The molecule has 1 fully saturated rings. The molecule has 4 N–H and O–H groups in total. The Morgan fingerprint density at radius 1 is 1.22 bits per heavy atom. The van der Waals surface area contributed by atoms with Crippen LogP contribution in [-0.2, 0) is 14.3 Å². The minimum Gasteiger partial charge on any atom is -0.395 e. The fourth-order valence-electron chi connectivity index (χ4n) is 2.24. The number of hydrogen-bond acceptors (Lipinski definition) is 6. The first-order valence-corrected chi connectivity index (χ1v) is 7.97. The van der Waals surface area contributed by atoms with Crippen LogP contribution in [0, 0.1) is 10.8 Å². The molecule has 0 aromatic carbocycles. The Hall–Kier alpha value is -1.31. The molecule has 0 saturated carbocycles. The lowest BCUT2D eigenvalue weighted by Crippen LogP contribution is -2.58. The van der Waals surface area contributed by atoms with E-state index >= 15 is 0 Å². The van der Waals surface area contributed by atoms with E-state index in [1.165, 1.54) is 0 Å². The van der Waals surface area contributed by atoms with E-state index in [0.29, 0.717) is 13.2 Å². The number of ether oxygens (including phenoxy) is 1. The van der Waals surface area contributed by atoms with E-state index in [2.05, 4.69) is 10.6 Å². The summed E-state index contributed by atoms with van der Waals surface area (Å²) in [5, 5.41) is 22.7. The Bertz CT molecular complexity index is 454. The molecule has 0 unspecified atom stereocenters. The van der Waals surface area contributed by atoms with Crippen LogP contribution in [0.4, 0.5) is 0 Å². The highest BCUT2D eigenvalue weighted by Crippen LogP contribution is 2.18. The fraction of sp³-hybridized carbons (Fsp3) is 0.812. The number of amides is 2. The molecule has 0 aliphatic carbocycles. The molecule has 7 nitrogen and oxygen atoms in total. The third-order valence-corrected chi connectivity index (χ3v) is 4.16. The maximum atomic E-state index is 12.3. The molecule has 1 saturated heterocycles. The quantitative estimate of drug-likeness (QED) is 0.512. The molecule has 1 aliphatic heterocycles. The molecule has 1 aliphatic rings. The summed E-state index contributed by atoms with van der Waals surface area (Å²) in [4.78, 5) is 24.3. The number of carbonyl (C=O) groups excluding carboxylic acids is 2. The monoisotopic (exact) mass is 327 g/mol. The first kappa shape index (κ1) is 19.7. The van der Waals surface area contributed by atoms with E-state index in [4.69, 9.17) is 10.1 Å². The van der Waals surface area contributed by atoms with E-state index in [0.717, 1.165) is 12.8 Å². The number of aliphatic hydroxyl groups is 1. The lowest BCUT2D eigenvalue weighted by Gasteiger charge is -2.32. The zero-order valence-electron chi connectivity index (χ0n) is 14.5. The Kier molecular flexibility index (Phi) is 6.85. The molecular weight excluding hydrogens is 298 g/mol. The second-order valence-electron chi connectivity index (χ2n) is 7.23. The summed E-state index contributed by atoms with van der Waals surface area (Å²) in [5.74, 6) is -0.938. The van der Waals surface area contributed by atoms with Gasteiger partial charge >= 0.3 is 0 Å². The van der Waals surface area contributed by atoms with Crippen molar-refractivity contribution in [3.8, 4) is 0 Å². The van der Waals surface area contributed by atoms with Gasteiger partial charge in [0, 0.05) is 30.4 Å². The standard InChI is InChI=1S/C16H29N3O4/c1-15(2,10-20)12(17)9-13(21)18-14(22)16(3,4)19-11-5-7-23-8-6-11/h11,17,19-20H,5-10H2,1-4H3,(H,18,21,22). The van der Waals surface area contributed by atoms with E-state index in [1.54, 1.807) is 27.7 Å². The summed E-state index contributed by atoms with van der Waals surface area (Å²) < 4.78 is 5.29. The summed E-state index contributed by atoms with van der Waals surface area (Å²) in [6, 6.07) is 0.186. The van der Waals surface area contributed by atoms with Crippen molar-refractivity contribution < 1.29 is 19.4 Å². The minimum atomic E-state index is -0.883. The van der Waals surface area contributed by atoms with Crippen LogP contribution in [0.2, 0.25) is 0 Å². The Labute approximate surface area is 137 Å². The number of aliphatic hydroxyl groups excluding tert-OH is 1. The van der Waals surface area contributed by atoms with E-state index in [-0.39, 0.29) is 24.8 Å². The summed E-state index contributed by atoms with van der Waals surface area (Å²) >= 11 is 0. The van der Waals surface area contributed by atoms with E-state index in [9.17, 15) is 14.7 Å². The van der Waals surface area contributed by atoms with Gasteiger partial charge in [-0.05, 0) is 26.7 Å². The molecule has 0 aromatic heterocycles. The van der Waals surface area contributed by atoms with Gasteiger partial charge in [-0.15, -0.1) is 0 Å². The van der Waals surface area contributed by atoms with Crippen molar-refractivity contribution in [2.45, 2.75) is 58.5 Å². The lowest BCUT2D eigenvalue weighted by molar-refractivity contribution is -0.133. The van der Waals surface area contributed by atoms with Crippen LogP contribution < -0.4 is 10.6 Å². The van der Waals surface area contributed by atoms with Crippen molar-refractivity contribution in [1.82, 2.24) is 10.6 Å². The number of hydrogen-bond donors (Lipinski definition) is 4. The third kappa shape index (κ3) is 6.01. The Balaban J connectivity index is 2.52. The molecule has 0 bridgehead atoms. The predicted octanol–water partition coefficient (Wildman–Crippen LogP) is 0.605. The van der Waals surface area contributed by atoms with Crippen LogP contribution in [0.15, 0.2) is 0 Å². The number of carbonyl (C=O) groups is 2. The summed E-state index contributed by atoms with van der Waals surface area (Å²) in [6.45, 7) is 7.94. The summed E-state index contributed by atoms with van der Waals surface area (Å²) in [5.41, 5.74) is -1.55. The van der Waals surface area contributed by atoms with Gasteiger partial charge in [0.15, 0.2) is 0 Å². The van der Waals surface area contributed by atoms with Crippen molar-refractivity contribution in [1.29, 1.82) is 5.41 Å². The van der Waals surface area contributed by atoms with Crippen LogP contribution in [0.3, 0.4) is 0 Å². The molecule has 132 valence electrons. The van der Waals surface area contributed by atoms with Gasteiger partial charge in [-0.3, -0.25) is 14.9 Å². The van der Waals surface area contributed by atoms with Gasteiger partial charge < -0.3 is 20.6 Å². The van der Waals surface area contributed by atoms with Gasteiger partial charge in [0.25, 0.3) is 0 Å². The molecule has 2 amide bonds. The second-order valence-corrected chi connectivity index (χ2v) is 7.23. The van der Waals surface area contributed by atoms with Gasteiger partial charge in [-0.2, -0.15) is 0 Å². The third-order valence-electron chi connectivity index (χ3n) is 4.16. The van der Waals surface area contributed by atoms with Crippen LogP contribution in [0.5, 0.6) is 0 Å². The highest BCUT2D eigenvalue weighted by Gasteiger charge is 2.33. The Morgan fingerprint density at radius 2 is 1.78 bits per heavy atom. The molecule has 0 atom stereocenters. The van der Waals surface area contributed by atoms with Gasteiger partial charge in [0.05, 0.1) is 18.6 Å². The molecule has 23 heavy (non-hydrogen) atoms. The van der Waals surface area contributed by atoms with Gasteiger partial charge in [-0.1, -0.05) is 13.8 Å². The van der Waals surface area contributed by atoms with Gasteiger partial charge in [0.2, 0.25) is 11.8 Å². The molecule has 7 heteroatoms. The first-order valence-electron chi connectivity index (χ1n) is 7.97. The lowest BCUT2D eigenvalue weighted by atomic mass is 9.86. The molecule has 0 spiro atoms. The molecule has 1 rings (SSSR count). The van der Waals surface area contributed by atoms with Gasteiger partial charge in [0.1, 0.15) is 0 Å². The van der Waals surface area contributed by atoms with Crippen LogP contribution in [0.1, 0.15) is 47.0 Å². The molecular formula is C16H29N3O4. The highest BCUT2D eigenvalue weighted by atomic mass is 16.5. The zero-order chi connectivity index (χ0) is 17.7. The zero-order valence-corrected chi connectivity index (χ0v) is 14.5. The SMILES string of the molecule is CC(C)(CO)C(=N)CC(=O)NC(=O)C(C)(C)NC1CCOCC1. The van der Waals surface area contributed by atoms with Crippen molar-refractivity contribution in [2.24, 2.45) is 5.41 Å². The van der Waals surface area contributed by atoms with Crippen molar-refractivity contribution >= 4 is 17.5 Å². The number of imide groups is 1. The first-order chi connectivity index (χ1) is 10.6. The normalized spacial score (nSPS) is 16.9. The molecule has 0 radical (unpaired) electrons. The van der Waals surface area contributed by atoms with Crippen LogP contribution >= 0.6 is 0 Å². The van der Waals surface area contributed by atoms with Crippen LogP contribution in [0.25, 0.3) is 0 Å². The van der Waals surface area contributed by atoms with Crippen LogP contribution in [-0.4, -0.2) is 54.0 Å². The van der Waals surface area contributed by atoms with Crippen molar-refractivity contribution in [3.05, 3.63) is 0 Å².